The van der Waals surface area contributed by atoms with Gasteiger partial charge in [0.2, 0.25) is 0 Å². The number of hydrogen-bond donors (Lipinski definition) is 5. The van der Waals surface area contributed by atoms with Crippen molar-refractivity contribution in [1.29, 1.82) is 0 Å². The third-order valence-corrected chi connectivity index (χ3v) is 22.3. The Morgan fingerprint density at radius 2 is 1.72 bits per heavy atom. The molecule has 0 radical (unpaired) electrons. The van der Waals surface area contributed by atoms with E-state index in [4.69, 9.17) is 23.4 Å². The van der Waals surface area contributed by atoms with Crippen LogP contribution in [-0.4, -0.2) is 101 Å². The van der Waals surface area contributed by atoms with Gasteiger partial charge in [-0.3, -0.25) is 9.59 Å². The van der Waals surface area contributed by atoms with Gasteiger partial charge in [-0.1, -0.05) is 61.9 Å². The van der Waals surface area contributed by atoms with E-state index in [1.165, 1.54) is 5.56 Å². The van der Waals surface area contributed by atoms with Crippen LogP contribution in [-0.2, 0) is 51.8 Å². The predicted octanol–water partition coefficient (Wildman–Crippen LogP) is 5.93. The Morgan fingerprint density at radius 3 is 2.46 bits per heavy atom. The zero-order valence-electron chi connectivity index (χ0n) is 41.8. The van der Waals surface area contributed by atoms with Gasteiger partial charge in [0.25, 0.3) is 0 Å². The second-order valence-electron chi connectivity index (χ2n) is 25.3. The summed E-state index contributed by atoms with van der Waals surface area (Å²) in [5, 5.41) is 43.3. The van der Waals surface area contributed by atoms with Gasteiger partial charge < -0.3 is 49.3 Å². The number of carbonyl (C=O) groups excluding carboxylic acids is 3. The van der Waals surface area contributed by atoms with Crippen molar-refractivity contribution in [1.82, 2.24) is 10.6 Å². The summed E-state index contributed by atoms with van der Waals surface area (Å²) in [7, 11) is 0. The summed E-state index contributed by atoms with van der Waals surface area (Å²) in [5.74, 6) is 5.66. The lowest BCUT2D eigenvalue weighted by Crippen LogP contribution is -2.81. The fraction of sp³-hybridized carbons (Fsp3) is 0.741. The van der Waals surface area contributed by atoms with Crippen molar-refractivity contribution in [2.45, 2.75) is 171 Å². The highest BCUT2D eigenvalue weighted by atomic mass is 16.7. The monoisotopic (exact) mass is 975 g/mol. The number of hydrogen-bond acceptors (Lipinski definition) is 13. The number of ether oxygens (including phenoxy) is 4. The molecule has 1 aromatic heterocycles. The fourth-order valence-electron chi connectivity index (χ4n) is 19.6. The number of Topliss-reactive ketones (excluding diaryl/α,β-unsaturated/α-hetero) is 1. The zero-order valence-corrected chi connectivity index (χ0v) is 41.8. The van der Waals surface area contributed by atoms with Crippen LogP contribution in [0.3, 0.4) is 0 Å². The summed E-state index contributed by atoms with van der Waals surface area (Å²) in [4.78, 5) is 46.0. The molecule has 6 heterocycles. The van der Waals surface area contributed by atoms with Crippen LogP contribution in [0.4, 0.5) is 0 Å². The van der Waals surface area contributed by atoms with Gasteiger partial charge in [-0.2, -0.15) is 0 Å². The number of benzene rings is 1. The Bertz CT molecular complexity index is 2510. The van der Waals surface area contributed by atoms with Gasteiger partial charge in [0, 0.05) is 53.4 Å². The average molecular weight is 975 g/mol. The zero-order chi connectivity index (χ0) is 48.9. The molecule has 5 saturated heterocycles. The molecule has 13 nitrogen and oxygen atoms in total. The highest BCUT2D eigenvalue weighted by Gasteiger charge is 2.95. The van der Waals surface area contributed by atoms with Gasteiger partial charge in [0.1, 0.15) is 24.1 Å². The minimum atomic E-state index is -1.55. The lowest BCUT2D eigenvalue weighted by Gasteiger charge is -2.72. The van der Waals surface area contributed by atoms with Crippen LogP contribution in [0.25, 0.3) is 0 Å². The summed E-state index contributed by atoms with van der Waals surface area (Å²) in [5.41, 5.74) is -6.32. The smallest absolute Gasteiger partial charge is 0.339 e. The van der Waals surface area contributed by atoms with Gasteiger partial charge >= 0.3 is 11.9 Å². The molecule has 0 amide bonds. The van der Waals surface area contributed by atoms with Gasteiger partial charge in [-0.05, 0) is 138 Å². The van der Waals surface area contributed by atoms with Gasteiger partial charge in [0.05, 0.1) is 48.4 Å². The van der Waals surface area contributed by atoms with Crippen molar-refractivity contribution in [2.24, 2.45) is 69.0 Å². The van der Waals surface area contributed by atoms with E-state index in [1.807, 2.05) is 26.0 Å². The number of aliphatic hydroxyl groups excluding tert-OH is 3. The number of carbonyl (C=O) groups is 3. The molecule has 1 aromatic carbocycles. The average Bonchev–Trinajstić information content (AvgIpc) is 3.89. The number of ketones is 1. The standard InChI is InChI=1S/C58H74N2O11/c1-52(2)46-45(63)47(64)57-40-27-34(26-33-10-5-4-6-11-33)13-14-36(40)12-9-23-56(39-20-25-67-43(39)28-38(42(62)30-61)35-15-17-37(18-16-35)41-29-59-32-60-41)53(3,58(57)48(69-58)49(65)70-56)24-19-44(57)55(46)31-68-51(66)54(50(55)71-52)21-7-8-22-54/h4-6,10-11,20,25,34-38,40-42,44,46-48,50,59-62,64H,7-8,13-19,21-24,26-32H2,1-3H3. The number of epoxide rings is 1. The highest BCUT2D eigenvalue weighted by molar-refractivity contribution is 5.93. The predicted molar refractivity (Wildman–Crippen MR) is 257 cm³/mol. The molecule has 10 fully saturated rings. The minimum absolute atomic E-state index is 0.00277. The van der Waals surface area contributed by atoms with E-state index in [0.29, 0.717) is 61.8 Å². The minimum Gasteiger partial charge on any atom is -0.469 e. The molecule has 16 atom stereocenters. The summed E-state index contributed by atoms with van der Waals surface area (Å²) in [6.07, 6.45) is 8.85. The second-order valence-corrected chi connectivity index (χ2v) is 25.3. The van der Waals surface area contributed by atoms with E-state index in [2.05, 4.69) is 53.7 Å². The van der Waals surface area contributed by atoms with Crippen LogP contribution in [0.5, 0.6) is 0 Å². The first-order chi connectivity index (χ1) is 34.2. The normalized spacial score (nSPS) is 46.3. The van der Waals surface area contributed by atoms with Crippen LogP contribution >= 0.6 is 0 Å². The molecule has 4 spiro atoms. The molecular weight excluding hydrogens is 901 g/mol. The molecule has 6 aliphatic carbocycles. The second kappa shape index (κ2) is 16.4. The van der Waals surface area contributed by atoms with Crippen molar-refractivity contribution in [2.75, 3.05) is 26.4 Å². The molecule has 13 heteroatoms. The number of esters is 2. The molecule has 16 unspecified atom stereocenters. The maximum Gasteiger partial charge on any atom is 0.339 e. The summed E-state index contributed by atoms with van der Waals surface area (Å²) >= 11 is 0. The molecular formula is C58H74N2O11. The molecule has 4 bridgehead atoms. The SMILES string of the molecule is CC1(C)OC2C3(CCCC3)C(=O)OCC23C1C(=O)C(O)C12C4CC(Cc5ccccc5)CCC4C#CCC4(c5ccoc5CC(C(O)CO)C5CCC(C6CNCN6)CC5)OC(=O)C5OC51C4(C)CCC32. The van der Waals surface area contributed by atoms with Gasteiger partial charge in [0.15, 0.2) is 17.5 Å². The van der Waals surface area contributed by atoms with Gasteiger partial charge in [-0.25, -0.2) is 4.79 Å². The van der Waals surface area contributed by atoms with Gasteiger partial charge in [-0.15, -0.1) is 0 Å². The Morgan fingerprint density at radius 1 is 0.930 bits per heavy atom. The molecule has 13 rings (SSSR count). The van der Waals surface area contributed by atoms with Crippen LogP contribution in [0.15, 0.2) is 47.1 Å². The van der Waals surface area contributed by atoms with E-state index in [0.717, 1.165) is 71.0 Å². The van der Waals surface area contributed by atoms with E-state index in [9.17, 15) is 20.1 Å². The van der Waals surface area contributed by atoms with Crippen molar-refractivity contribution in [3.63, 3.8) is 0 Å². The number of nitrogens with one attached hydrogen (secondary N) is 2. The van der Waals surface area contributed by atoms with Crippen LogP contribution < -0.4 is 10.6 Å². The van der Waals surface area contributed by atoms with E-state index < -0.39 is 80.7 Å². The Hall–Kier alpha value is -3.61. The Balaban J connectivity index is 0.975. The number of cyclic esters (lactones) is 1. The first-order valence-corrected chi connectivity index (χ1v) is 27.5. The molecule has 71 heavy (non-hydrogen) atoms. The molecule has 382 valence electrons. The molecule has 5 N–H and O–H groups in total. The first kappa shape index (κ1) is 47.1. The van der Waals surface area contributed by atoms with Crippen LogP contribution in [0.2, 0.25) is 0 Å². The summed E-state index contributed by atoms with van der Waals surface area (Å²) in [6, 6.07) is 12.9. The largest absolute Gasteiger partial charge is 0.469 e. The quantitative estimate of drug-likeness (QED) is 0.113. The Labute approximate surface area is 417 Å². The lowest BCUT2D eigenvalue weighted by atomic mass is 9.30. The number of fused-ring (bicyclic) bond motifs is 2. The van der Waals surface area contributed by atoms with Crippen molar-refractivity contribution in [3.8, 4) is 11.8 Å². The van der Waals surface area contributed by atoms with E-state index in [-0.39, 0.29) is 61.0 Å². The van der Waals surface area contributed by atoms with Crippen LogP contribution in [0, 0.1) is 80.8 Å². The molecule has 2 aromatic rings. The number of furan rings is 1. The summed E-state index contributed by atoms with van der Waals surface area (Å²) < 4.78 is 34.8. The lowest BCUT2D eigenvalue weighted by molar-refractivity contribution is -0.301. The van der Waals surface area contributed by atoms with E-state index >= 15 is 9.59 Å². The van der Waals surface area contributed by atoms with Crippen molar-refractivity contribution >= 4 is 17.7 Å². The third-order valence-electron chi connectivity index (χ3n) is 22.3. The van der Waals surface area contributed by atoms with Crippen molar-refractivity contribution < 1.29 is 53.1 Å². The molecule has 5 aliphatic heterocycles. The highest BCUT2D eigenvalue weighted by Crippen LogP contribution is 2.85. The third kappa shape index (κ3) is 6.10. The number of aliphatic hydroxyl groups is 3. The fourth-order valence-corrected chi connectivity index (χ4v) is 19.6. The van der Waals surface area contributed by atoms with E-state index in [1.54, 1.807) is 6.26 Å². The maximum atomic E-state index is 16.2. The Kier molecular flexibility index (Phi) is 10.9. The summed E-state index contributed by atoms with van der Waals surface area (Å²) in [6.45, 7) is 7.47. The first-order valence-electron chi connectivity index (χ1n) is 27.5. The van der Waals surface area contributed by atoms with Crippen molar-refractivity contribution in [3.05, 3.63) is 59.5 Å². The topological polar surface area (TPSA) is 189 Å². The van der Waals surface area contributed by atoms with Crippen LogP contribution in [0.1, 0.15) is 128 Å². The molecule has 5 saturated carbocycles. The maximum absolute atomic E-state index is 16.2. The molecule has 11 aliphatic rings. The number of rotatable bonds is 9.